The van der Waals surface area contributed by atoms with Crippen LogP contribution in [0.3, 0.4) is 0 Å². The standard InChI is InChI=1S/C21H21BrClN7O/c1-14-6-7-18(16(22)12-14)25-19-26-20(28-21(27-19)30-8-10-31-11-9-30)29-24-13-15-4-2-3-5-17(15)23/h2-7,12-13H,8-11H2,1H3,(H2,25,26,27,28,29)/b24-13-. The predicted molar refractivity (Wildman–Crippen MR) is 128 cm³/mol. The first-order valence-electron chi connectivity index (χ1n) is 9.74. The van der Waals surface area contributed by atoms with Crippen LogP contribution in [0.15, 0.2) is 52.0 Å². The molecule has 2 N–H and O–H groups in total. The Morgan fingerprint density at radius 2 is 1.87 bits per heavy atom. The van der Waals surface area contributed by atoms with E-state index in [9.17, 15) is 0 Å². The summed E-state index contributed by atoms with van der Waals surface area (Å²) in [5, 5.41) is 8.12. The van der Waals surface area contributed by atoms with Crippen molar-refractivity contribution in [3.05, 3.63) is 63.1 Å². The molecule has 8 nitrogen and oxygen atoms in total. The average molecular weight is 503 g/mol. The van der Waals surface area contributed by atoms with Crippen molar-refractivity contribution in [2.24, 2.45) is 5.10 Å². The fraction of sp³-hybridized carbons (Fsp3) is 0.238. The largest absolute Gasteiger partial charge is 0.378 e. The van der Waals surface area contributed by atoms with E-state index >= 15 is 0 Å². The summed E-state index contributed by atoms with van der Waals surface area (Å²) in [7, 11) is 0. The topological polar surface area (TPSA) is 87.6 Å². The van der Waals surface area contributed by atoms with Crippen molar-refractivity contribution in [2.75, 3.05) is 41.9 Å². The monoisotopic (exact) mass is 501 g/mol. The third-order valence-electron chi connectivity index (χ3n) is 4.56. The SMILES string of the molecule is Cc1ccc(Nc2nc(N/N=C\c3ccccc3Cl)nc(N3CCOCC3)n2)c(Br)c1. The van der Waals surface area contributed by atoms with Gasteiger partial charge in [0.25, 0.3) is 0 Å². The van der Waals surface area contributed by atoms with Gasteiger partial charge in [0, 0.05) is 28.1 Å². The average Bonchev–Trinajstić information content (AvgIpc) is 2.78. The van der Waals surface area contributed by atoms with E-state index < -0.39 is 0 Å². The first-order valence-corrected chi connectivity index (χ1v) is 10.9. The fourth-order valence-corrected chi connectivity index (χ4v) is 3.73. The number of ether oxygens (including phenoxy) is 1. The molecule has 1 fully saturated rings. The van der Waals surface area contributed by atoms with Crippen molar-refractivity contribution >= 4 is 57.3 Å². The number of nitrogens with one attached hydrogen (secondary N) is 2. The molecule has 2 heterocycles. The quantitative estimate of drug-likeness (QED) is 0.375. The minimum Gasteiger partial charge on any atom is -0.378 e. The van der Waals surface area contributed by atoms with Gasteiger partial charge >= 0.3 is 0 Å². The number of morpholine rings is 1. The number of aromatic nitrogens is 3. The van der Waals surface area contributed by atoms with E-state index in [0.717, 1.165) is 21.3 Å². The maximum Gasteiger partial charge on any atom is 0.250 e. The maximum atomic E-state index is 6.18. The van der Waals surface area contributed by atoms with Gasteiger partial charge in [0.05, 0.1) is 25.1 Å². The molecule has 0 atom stereocenters. The normalized spacial score (nSPS) is 14.1. The van der Waals surface area contributed by atoms with E-state index in [2.05, 4.69) is 51.6 Å². The molecular weight excluding hydrogens is 482 g/mol. The number of halogens is 2. The number of aryl methyl sites for hydroxylation is 1. The molecule has 0 amide bonds. The molecule has 4 rings (SSSR count). The molecule has 0 radical (unpaired) electrons. The van der Waals surface area contributed by atoms with Crippen LogP contribution in [0.5, 0.6) is 0 Å². The van der Waals surface area contributed by atoms with Gasteiger partial charge in [-0.1, -0.05) is 35.9 Å². The predicted octanol–water partition coefficient (Wildman–Crippen LogP) is 4.62. The zero-order valence-corrected chi connectivity index (χ0v) is 19.2. The first-order chi connectivity index (χ1) is 15.1. The lowest BCUT2D eigenvalue weighted by atomic mass is 10.2. The van der Waals surface area contributed by atoms with Gasteiger partial charge in [0.15, 0.2) is 0 Å². The van der Waals surface area contributed by atoms with Gasteiger partial charge in [0.1, 0.15) is 0 Å². The van der Waals surface area contributed by atoms with Crippen LogP contribution in [0.2, 0.25) is 5.02 Å². The van der Waals surface area contributed by atoms with Crippen LogP contribution in [0.25, 0.3) is 0 Å². The Kier molecular flexibility index (Phi) is 6.96. The Labute approximate surface area is 193 Å². The first kappa shape index (κ1) is 21.5. The van der Waals surface area contributed by atoms with Gasteiger partial charge in [-0.05, 0) is 46.6 Å². The molecular formula is C21H21BrClN7O. The molecule has 1 aliphatic rings. The van der Waals surface area contributed by atoms with Crippen molar-refractivity contribution in [1.29, 1.82) is 0 Å². The molecule has 3 aromatic rings. The Bertz CT molecular complexity index is 1090. The van der Waals surface area contributed by atoms with Crippen molar-refractivity contribution in [1.82, 2.24) is 15.0 Å². The van der Waals surface area contributed by atoms with Crippen molar-refractivity contribution < 1.29 is 4.74 Å². The van der Waals surface area contributed by atoms with Crippen LogP contribution < -0.4 is 15.6 Å². The lowest BCUT2D eigenvalue weighted by Gasteiger charge is -2.27. The zero-order valence-electron chi connectivity index (χ0n) is 16.8. The second kappa shape index (κ2) is 10.0. The molecule has 10 heteroatoms. The highest BCUT2D eigenvalue weighted by Crippen LogP contribution is 2.26. The number of hydrogen-bond donors (Lipinski definition) is 2. The molecule has 0 saturated carbocycles. The lowest BCUT2D eigenvalue weighted by Crippen LogP contribution is -2.37. The molecule has 2 aromatic carbocycles. The number of rotatable bonds is 6. The summed E-state index contributed by atoms with van der Waals surface area (Å²) in [4.78, 5) is 15.7. The highest BCUT2D eigenvalue weighted by Gasteiger charge is 2.17. The summed E-state index contributed by atoms with van der Waals surface area (Å²) >= 11 is 9.76. The molecule has 0 bridgehead atoms. The van der Waals surface area contributed by atoms with Crippen LogP contribution in [-0.4, -0.2) is 47.5 Å². The van der Waals surface area contributed by atoms with Crippen LogP contribution >= 0.6 is 27.5 Å². The van der Waals surface area contributed by atoms with Crippen LogP contribution in [0, 0.1) is 6.92 Å². The van der Waals surface area contributed by atoms with Crippen molar-refractivity contribution in [3.63, 3.8) is 0 Å². The van der Waals surface area contributed by atoms with Gasteiger partial charge < -0.3 is 15.0 Å². The zero-order chi connectivity index (χ0) is 21.6. The van der Waals surface area contributed by atoms with E-state index in [1.54, 1.807) is 6.21 Å². The second-order valence-electron chi connectivity index (χ2n) is 6.88. The van der Waals surface area contributed by atoms with Crippen LogP contribution in [0.1, 0.15) is 11.1 Å². The summed E-state index contributed by atoms with van der Waals surface area (Å²) in [6, 6.07) is 13.5. The minimum absolute atomic E-state index is 0.325. The highest BCUT2D eigenvalue weighted by atomic mass is 79.9. The number of hydrazone groups is 1. The lowest BCUT2D eigenvalue weighted by molar-refractivity contribution is 0.122. The molecule has 0 aliphatic carbocycles. The maximum absolute atomic E-state index is 6.18. The van der Waals surface area contributed by atoms with Crippen molar-refractivity contribution in [2.45, 2.75) is 6.92 Å². The van der Waals surface area contributed by atoms with Gasteiger partial charge in [-0.3, -0.25) is 0 Å². The molecule has 160 valence electrons. The highest BCUT2D eigenvalue weighted by molar-refractivity contribution is 9.10. The van der Waals surface area contributed by atoms with Crippen LogP contribution in [-0.2, 0) is 4.74 Å². The second-order valence-corrected chi connectivity index (χ2v) is 8.14. The van der Waals surface area contributed by atoms with E-state index in [1.807, 2.05) is 49.4 Å². The molecule has 0 unspecified atom stereocenters. The minimum atomic E-state index is 0.325. The number of nitrogens with zero attached hydrogens (tertiary/aromatic N) is 5. The summed E-state index contributed by atoms with van der Waals surface area (Å²) in [5.74, 6) is 1.29. The Morgan fingerprint density at radius 1 is 1.10 bits per heavy atom. The smallest absolute Gasteiger partial charge is 0.250 e. The Morgan fingerprint density at radius 3 is 2.65 bits per heavy atom. The van der Waals surface area contributed by atoms with E-state index in [-0.39, 0.29) is 0 Å². The molecule has 1 aromatic heterocycles. The number of benzene rings is 2. The third kappa shape index (κ3) is 5.69. The Hall–Kier alpha value is -2.75. The molecule has 0 spiro atoms. The van der Waals surface area contributed by atoms with Crippen molar-refractivity contribution in [3.8, 4) is 0 Å². The molecule has 31 heavy (non-hydrogen) atoms. The molecule has 1 aliphatic heterocycles. The van der Waals surface area contributed by atoms with Gasteiger partial charge in [0.2, 0.25) is 17.8 Å². The summed E-state index contributed by atoms with van der Waals surface area (Å²) < 4.78 is 6.37. The van der Waals surface area contributed by atoms with Crippen LogP contribution in [0.4, 0.5) is 23.5 Å². The summed E-state index contributed by atoms with van der Waals surface area (Å²) in [5.41, 5.74) is 5.69. The third-order valence-corrected chi connectivity index (χ3v) is 5.56. The van der Waals surface area contributed by atoms with E-state index in [0.29, 0.717) is 49.2 Å². The van der Waals surface area contributed by atoms with E-state index in [4.69, 9.17) is 16.3 Å². The summed E-state index contributed by atoms with van der Waals surface area (Å²) in [6.07, 6.45) is 1.63. The van der Waals surface area contributed by atoms with Gasteiger partial charge in [-0.15, -0.1) is 0 Å². The number of anilines is 4. The fourth-order valence-electron chi connectivity index (χ4n) is 2.96. The van der Waals surface area contributed by atoms with E-state index in [1.165, 1.54) is 0 Å². The van der Waals surface area contributed by atoms with Gasteiger partial charge in [-0.2, -0.15) is 20.1 Å². The number of hydrogen-bond acceptors (Lipinski definition) is 8. The van der Waals surface area contributed by atoms with Gasteiger partial charge in [-0.25, -0.2) is 5.43 Å². The Balaban J connectivity index is 1.60. The summed E-state index contributed by atoms with van der Waals surface area (Å²) in [6.45, 7) is 4.71. The molecule has 1 saturated heterocycles.